The lowest BCUT2D eigenvalue weighted by Crippen LogP contribution is -2.21. The van der Waals surface area contributed by atoms with Gasteiger partial charge in [-0.25, -0.2) is 9.97 Å². The molecule has 0 amide bonds. The fourth-order valence-corrected chi connectivity index (χ4v) is 5.37. The SMILES string of the molecule is NCC1CCC(c2nc(-c3ccc4ccc(-c5ccccc5)nc4c3)c3c(N)cccn23)CC1. The fraction of sp³-hybridized carbons (Fsp3) is 0.241. The van der Waals surface area contributed by atoms with Crippen LogP contribution in [-0.4, -0.2) is 20.9 Å². The monoisotopic (exact) mass is 447 g/mol. The Hall–Kier alpha value is -3.70. The van der Waals surface area contributed by atoms with Crippen LogP contribution in [0.15, 0.2) is 79.0 Å². The lowest BCUT2D eigenvalue weighted by Gasteiger charge is -2.26. The summed E-state index contributed by atoms with van der Waals surface area (Å²) in [6, 6.07) is 24.9. The number of rotatable bonds is 4. The molecule has 5 aromatic rings. The number of benzene rings is 2. The number of fused-ring (bicyclic) bond motifs is 2. The van der Waals surface area contributed by atoms with E-state index in [0.29, 0.717) is 11.8 Å². The Morgan fingerprint density at radius 3 is 2.41 bits per heavy atom. The van der Waals surface area contributed by atoms with E-state index in [1.165, 1.54) is 0 Å². The highest BCUT2D eigenvalue weighted by atomic mass is 15.0. The van der Waals surface area contributed by atoms with Gasteiger partial charge in [-0.2, -0.15) is 0 Å². The van der Waals surface area contributed by atoms with Gasteiger partial charge in [0.2, 0.25) is 0 Å². The Balaban J connectivity index is 1.46. The van der Waals surface area contributed by atoms with Gasteiger partial charge in [-0.05, 0) is 62.4 Å². The lowest BCUT2D eigenvalue weighted by molar-refractivity contribution is 0.325. The number of imidazole rings is 1. The number of anilines is 1. The smallest absolute Gasteiger partial charge is 0.117 e. The molecule has 5 heteroatoms. The predicted molar refractivity (Wildman–Crippen MR) is 140 cm³/mol. The summed E-state index contributed by atoms with van der Waals surface area (Å²) < 4.78 is 2.20. The Morgan fingerprint density at radius 1 is 0.824 bits per heavy atom. The van der Waals surface area contributed by atoms with Gasteiger partial charge in [0.15, 0.2) is 0 Å². The van der Waals surface area contributed by atoms with Crippen LogP contribution in [0.4, 0.5) is 5.69 Å². The maximum Gasteiger partial charge on any atom is 0.117 e. The van der Waals surface area contributed by atoms with Gasteiger partial charge in [0.05, 0.1) is 28.1 Å². The minimum absolute atomic E-state index is 0.425. The topological polar surface area (TPSA) is 82.2 Å². The van der Waals surface area contributed by atoms with Gasteiger partial charge in [-0.1, -0.05) is 48.5 Å². The first kappa shape index (κ1) is 20.9. The summed E-state index contributed by atoms with van der Waals surface area (Å²) in [4.78, 5) is 10.2. The molecule has 0 unspecified atom stereocenters. The van der Waals surface area contributed by atoms with Crippen molar-refractivity contribution in [2.24, 2.45) is 11.7 Å². The van der Waals surface area contributed by atoms with Crippen LogP contribution in [0.3, 0.4) is 0 Å². The molecule has 6 rings (SSSR count). The third-order valence-corrected chi connectivity index (χ3v) is 7.30. The Kier molecular flexibility index (Phi) is 5.27. The van der Waals surface area contributed by atoms with Crippen molar-refractivity contribution < 1.29 is 0 Å². The molecular formula is C29H29N5. The number of nitrogens with zero attached hydrogens (tertiary/aromatic N) is 3. The molecule has 5 nitrogen and oxygen atoms in total. The highest BCUT2D eigenvalue weighted by molar-refractivity contribution is 5.92. The van der Waals surface area contributed by atoms with Crippen molar-refractivity contribution in [2.45, 2.75) is 31.6 Å². The molecule has 3 heterocycles. The lowest BCUT2D eigenvalue weighted by atomic mass is 9.81. The second-order valence-corrected chi connectivity index (χ2v) is 9.42. The normalized spacial score (nSPS) is 18.5. The van der Waals surface area contributed by atoms with Gasteiger partial charge < -0.3 is 15.9 Å². The highest BCUT2D eigenvalue weighted by Gasteiger charge is 2.26. The molecule has 34 heavy (non-hydrogen) atoms. The molecule has 0 aliphatic heterocycles. The summed E-state index contributed by atoms with van der Waals surface area (Å²) in [6.07, 6.45) is 6.66. The molecule has 2 aromatic carbocycles. The summed E-state index contributed by atoms with van der Waals surface area (Å²) in [5, 5.41) is 1.11. The Labute approximate surface area is 199 Å². The van der Waals surface area contributed by atoms with E-state index in [-0.39, 0.29) is 0 Å². The maximum absolute atomic E-state index is 6.50. The quantitative estimate of drug-likeness (QED) is 0.352. The van der Waals surface area contributed by atoms with E-state index in [4.69, 9.17) is 21.4 Å². The zero-order chi connectivity index (χ0) is 23.1. The fourth-order valence-electron chi connectivity index (χ4n) is 5.37. The van der Waals surface area contributed by atoms with Crippen molar-refractivity contribution >= 4 is 22.1 Å². The second kappa shape index (κ2) is 8.58. The van der Waals surface area contributed by atoms with E-state index in [1.807, 2.05) is 30.3 Å². The summed E-state index contributed by atoms with van der Waals surface area (Å²) in [5.41, 5.74) is 19.2. The van der Waals surface area contributed by atoms with E-state index >= 15 is 0 Å². The predicted octanol–water partition coefficient (Wildman–Crippen LogP) is 6.03. The summed E-state index contributed by atoms with van der Waals surface area (Å²) >= 11 is 0. The molecule has 1 saturated carbocycles. The minimum atomic E-state index is 0.425. The van der Waals surface area contributed by atoms with Gasteiger partial charge >= 0.3 is 0 Å². The van der Waals surface area contributed by atoms with Crippen molar-refractivity contribution in [3.05, 3.63) is 84.8 Å². The van der Waals surface area contributed by atoms with Gasteiger partial charge in [0.1, 0.15) is 5.82 Å². The van der Waals surface area contributed by atoms with Crippen LogP contribution in [0.5, 0.6) is 0 Å². The largest absolute Gasteiger partial charge is 0.397 e. The molecule has 1 fully saturated rings. The van der Waals surface area contributed by atoms with Crippen LogP contribution in [0.1, 0.15) is 37.4 Å². The molecule has 1 aliphatic rings. The van der Waals surface area contributed by atoms with Crippen LogP contribution < -0.4 is 11.5 Å². The first-order chi connectivity index (χ1) is 16.7. The molecule has 170 valence electrons. The number of aromatic nitrogens is 3. The van der Waals surface area contributed by atoms with Crippen molar-refractivity contribution in [3.63, 3.8) is 0 Å². The Morgan fingerprint density at radius 2 is 1.62 bits per heavy atom. The van der Waals surface area contributed by atoms with Crippen molar-refractivity contribution in [2.75, 3.05) is 12.3 Å². The second-order valence-electron chi connectivity index (χ2n) is 9.42. The van der Waals surface area contributed by atoms with Crippen LogP contribution in [0.2, 0.25) is 0 Å². The van der Waals surface area contributed by atoms with Crippen molar-refractivity contribution in [3.8, 4) is 22.5 Å². The van der Waals surface area contributed by atoms with Gasteiger partial charge in [0, 0.05) is 28.6 Å². The third-order valence-electron chi connectivity index (χ3n) is 7.30. The summed E-state index contributed by atoms with van der Waals surface area (Å²) in [5.74, 6) is 2.17. The zero-order valence-corrected chi connectivity index (χ0v) is 19.2. The molecule has 3 aromatic heterocycles. The van der Waals surface area contributed by atoms with Crippen LogP contribution in [0.25, 0.3) is 38.9 Å². The molecule has 0 atom stereocenters. The first-order valence-corrected chi connectivity index (χ1v) is 12.1. The Bertz CT molecular complexity index is 1460. The molecule has 0 spiro atoms. The first-order valence-electron chi connectivity index (χ1n) is 12.1. The molecule has 0 bridgehead atoms. The maximum atomic E-state index is 6.50. The zero-order valence-electron chi connectivity index (χ0n) is 19.2. The average Bonchev–Trinajstić information content (AvgIpc) is 3.30. The van der Waals surface area contributed by atoms with Crippen molar-refractivity contribution in [1.82, 2.24) is 14.4 Å². The number of hydrogen-bond donors (Lipinski definition) is 2. The van der Waals surface area contributed by atoms with E-state index in [0.717, 1.165) is 82.7 Å². The molecule has 1 aliphatic carbocycles. The third kappa shape index (κ3) is 3.62. The number of nitrogens with two attached hydrogens (primary N) is 2. The number of nitrogen functional groups attached to an aromatic ring is 1. The van der Waals surface area contributed by atoms with Crippen LogP contribution in [0, 0.1) is 5.92 Å². The highest BCUT2D eigenvalue weighted by Crippen LogP contribution is 2.39. The molecule has 0 radical (unpaired) electrons. The van der Waals surface area contributed by atoms with E-state index in [2.05, 4.69) is 53.1 Å². The van der Waals surface area contributed by atoms with E-state index in [9.17, 15) is 0 Å². The minimum Gasteiger partial charge on any atom is -0.397 e. The van der Waals surface area contributed by atoms with Crippen LogP contribution >= 0.6 is 0 Å². The number of pyridine rings is 2. The van der Waals surface area contributed by atoms with E-state index in [1.54, 1.807) is 0 Å². The molecule has 4 N–H and O–H groups in total. The average molecular weight is 448 g/mol. The summed E-state index contributed by atoms with van der Waals surface area (Å²) in [7, 11) is 0. The van der Waals surface area contributed by atoms with Gasteiger partial charge in [-0.15, -0.1) is 0 Å². The standard InChI is InChI=1S/C29H29N5/c30-18-19-8-10-22(11-9-19)29-33-27(28-24(31)7-4-16-34(28)29)23-13-12-21-14-15-25(32-26(21)17-23)20-5-2-1-3-6-20/h1-7,12-17,19,22H,8-11,18,30-31H2. The number of hydrogen-bond acceptors (Lipinski definition) is 4. The van der Waals surface area contributed by atoms with Crippen LogP contribution in [-0.2, 0) is 0 Å². The molecule has 0 saturated heterocycles. The van der Waals surface area contributed by atoms with Gasteiger partial charge in [-0.3, -0.25) is 0 Å². The summed E-state index contributed by atoms with van der Waals surface area (Å²) in [6.45, 7) is 0.780. The van der Waals surface area contributed by atoms with Crippen molar-refractivity contribution in [1.29, 1.82) is 0 Å². The van der Waals surface area contributed by atoms with E-state index < -0.39 is 0 Å². The molecular weight excluding hydrogens is 418 g/mol. The van der Waals surface area contributed by atoms with Gasteiger partial charge in [0.25, 0.3) is 0 Å².